The maximum absolute atomic E-state index is 5.34. The van der Waals surface area contributed by atoms with Gasteiger partial charge in [-0.25, -0.2) is 39.9 Å². The van der Waals surface area contributed by atoms with Crippen molar-refractivity contribution in [2.45, 2.75) is 11.8 Å². The number of rotatable bonds is 10. The molecular formula is C80H50N8. The van der Waals surface area contributed by atoms with Gasteiger partial charge < -0.3 is 0 Å². The van der Waals surface area contributed by atoms with Crippen molar-refractivity contribution in [3.05, 3.63) is 325 Å². The van der Waals surface area contributed by atoms with Crippen molar-refractivity contribution in [3.8, 4) is 113 Å². The lowest BCUT2D eigenvalue weighted by Gasteiger charge is -2.42. The normalized spacial score (nSPS) is 13.7. The second-order valence-electron chi connectivity index (χ2n) is 22.6. The van der Waals surface area contributed by atoms with E-state index in [4.69, 9.17) is 39.9 Å². The van der Waals surface area contributed by atoms with Gasteiger partial charge in [0.25, 0.3) is 0 Å². The van der Waals surface area contributed by atoms with Crippen molar-refractivity contribution in [3.63, 3.8) is 0 Å². The molecule has 2 atom stereocenters. The highest BCUT2D eigenvalue weighted by atomic mass is 14.9. The molecule has 0 amide bonds. The molecule has 2 unspecified atom stereocenters. The maximum Gasteiger partial charge on any atom is 0.160 e. The minimum atomic E-state index is 0.0121. The molecule has 15 aromatic rings. The number of aromatic nitrogens is 8. The van der Waals surface area contributed by atoms with Crippen LogP contribution in [0.4, 0.5) is 0 Å². The van der Waals surface area contributed by atoms with Crippen LogP contribution in [0, 0.1) is 0 Å². The largest absolute Gasteiger partial charge is 0.228 e. The van der Waals surface area contributed by atoms with E-state index >= 15 is 0 Å². The molecule has 3 aliphatic carbocycles. The molecule has 0 saturated heterocycles. The average Bonchev–Trinajstić information content (AvgIpc) is 0.768. The van der Waals surface area contributed by atoms with Crippen LogP contribution < -0.4 is 0 Å². The standard InChI is InChI=1S/C80H50N8/c1-5-19-53(20-6-1)77-83-69(49-33-37-51(38-34-49)75-63-29-15-17-31-67(63)81-79(87-75)55-23-9-3-10-24-55)47-71(85-77)57-41-43-61-65(45-57)73-59-27-13-14-28-60(59)74(61)66-46-58(42-44-62(66)73)72-48-70(84-78(86-72)54-21-7-2-8-22-54)50-35-39-52(40-36-50)76-64-30-16-18-32-68(64)82-80(88-76)56-25-11-4-12-26-56/h1-48,73-74H. The highest BCUT2D eigenvalue weighted by Crippen LogP contribution is 2.57. The zero-order valence-corrected chi connectivity index (χ0v) is 47.4. The Hall–Kier alpha value is -11.7. The first kappa shape index (κ1) is 50.7. The Labute approximate surface area is 508 Å². The smallest absolute Gasteiger partial charge is 0.160 e. The molecule has 0 radical (unpaired) electrons. The molecule has 88 heavy (non-hydrogen) atoms. The molecule has 4 heterocycles. The van der Waals surface area contributed by atoms with Crippen molar-refractivity contribution in [2.75, 3.05) is 0 Å². The fourth-order valence-electron chi connectivity index (χ4n) is 13.1. The summed E-state index contributed by atoms with van der Waals surface area (Å²) in [5.41, 5.74) is 24.8. The topological polar surface area (TPSA) is 103 Å². The number of hydrogen-bond acceptors (Lipinski definition) is 8. The number of nitrogens with zero attached hydrogens (tertiary/aromatic N) is 8. The van der Waals surface area contributed by atoms with Crippen molar-refractivity contribution in [2.24, 2.45) is 0 Å². The monoisotopic (exact) mass is 1120 g/mol. The van der Waals surface area contributed by atoms with Gasteiger partial charge in [0.1, 0.15) is 0 Å². The van der Waals surface area contributed by atoms with E-state index in [0.29, 0.717) is 23.3 Å². The van der Waals surface area contributed by atoms with E-state index in [-0.39, 0.29) is 11.8 Å². The zero-order chi connectivity index (χ0) is 58.1. The fourth-order valence-corrected chi connectivity index (χ4v) is 13.1. The lowest BCUT2D eigenvalue weighted by atomic mass is 9.60. The summed E-state index contributed by atoms with van der Waals surface area (Å²) in [6.07, 6.45) is 0. The van der Waals surface area contributed by atoms with Crippen LogP contribution in [-0.2, 0) is 0 Å². The molecule has 0 fully saturated rings. The molecule has 410 valence electrons. The van der Waals surface area contributed by atoms with Gasteiger partial charge in [0.2, 0.25) is 0 Å². The number of fused-ring (bicyclic) bond motifs is 2. The van der Waals surface area contributed by atoms with E-state index in [9.17, 15) is 0 Å². The summed E-state index contributed by atoms with van der Waals surface area (Å²) in [5, 5.41) is 2.00. The van der Waals surface area contributed by atoms with Gasteiger partial charge in [0.05, 0.1) is 45.2 Å². The van der Waals surface area contributed by atoms with Crippen LogP contribution in [0.1, 0.15) is 45.2 Å². The summed E-state index contributed by atoms with van der Waals surface area (Å²) in [6, 6.07) is 102. The van der Waals surface area contributed by atoms with Crippen molar-refractivity contribution >= 4 is 21.8 Å². The van der Waals surface area contributed by atoms with Crippen molar-refractivity contribution in [1.82, 2.24) is 39.9 Å². The molecule has 0 N–H and O–H groups in total. The number of benzene rings is 11. The molecule has 0 saturated carbocycles. The van der Waals surface area contributed by atoms with E-state index in [1.165, 1.54) is 33.4 Å². The Bertz CT molecular complexity index is 4870. The van der Waals surface area contributed by atoms with Crippen LogP contribution in [-0.4, -0.2) is 39.9 Å². The molecule has 0 spiro atoms. The van der Waals surface area contributed by atoms with Crippen LogP contribution in [0.3, 0.4) is 0 Å². The first-order valence-electron chi connectivity index (χ1n) is 29.7. The number of para-hydroxylation sites is 2. The first-order chi connectivity index (χ1) is 43.6. The van der Waals surface area contributed by atoms with Gasteiger partial charge in [-0.1, -0.05) is 255 Å². The third-order valence-electron chi connectivity index (χ3n) is 17.3. The minimum absolute atomic E-state index is 0.0121. The molecule has 8 nitrogen and oxygen atoms in total. The van der Waals surface area contributed by atoms with Gasteiger partial charge in [-0.05, 0) is 69.8 Å². The quantitative estimate of drug-likeness (QED) is 0.133. The fraction of sp³-hybridized carbons (Fsp3) is 0.0250. The highest BCUT2D eigenvalue weighted by molar-refractivity contribution is 5.95. The van der Waals surface area contributed by atoms with Crippen molar-refractivity contribution in [1.29, 1.82) is 0 Å². The third kappa shape index (κ3) is 8.93. The molecule has 2 bridgehead atoms. The minimum Gasteiger partial charge on any atom is -0.228 e. The van der Waals surface area contributed by atoms with E-state index in [2.05, 4.69) is 194 Å². The van der Waals surface area contributed by atoms with Gasteiger partial charge in [-0.3, -0.25) is 0 Å². The van der Waals surface area contributed by atoms with E-state index in [1.807, 2.05) is 97.1 Å². The molecule has 11 aromatic carbocycles. The molecule has 18 rings (SSSR count). The SMILES string of the molecule is c1ccc(-c2nc(-c3ccc(-c4nc(-c5ccccc5)nc5ccccc45)cc3)cc(-c3ccc4c(c3)C3c5ccccc5C4c4cc(-c5cc(-c6ccc(-c7nc(-c8ccccc8)nc8ccccc78)cc6)nc(-c6ccccc6)n5)ccc43)n2)cc1. The van der Waals surface area contributed by atoms with Gasteiger partial charge in [-0.15, -0.1) is 0 Å². The maximum atomic E-state index is 5.34. The first-order valence-corrected chi connectivity index (χ1v) is 29.7. The number of hydrogen-bond donors (Lipinski definition) is 0. The Morgan fingerprint density at radius 1 is 0.182 bits per heavy atom. The molecule has 4 aromatic heterocycles. The summed E-state index contributed by atoms with van der Waals surface area (Å²) in [5.74, 6) is 2.76. The predicted octanol–water partition coefficient (Wildman–Crippen LogP) is 18.8. The van der Waals surface area contributed by atoms with E-state index in [0.717, 1.165) is 112 Å². The Morgan fingerprint density at radius 3 is 0.841 bits per heavy atom. The molecule has 0 aliphatic heterocycles. The highest BCUT2D eigenvalue weighted by Gasteiger charge is 2.41. The zero-order valence-electron chi connectivity index (χ0n) is 47.4. The Balaban J connectivity index is 0.734. The van der Waals surface area contributed by atoms with Crippen LogP contribution in [0.15, 0.2) is 291 Å². The lowest BCUT2D eigenvalue weighted by molar-refractivity contribution is 0.755. The average molecular weight is 1120 g/mol. The lowest BCUT2D eigenvalue weighted by Crippen LogP contribution is -2.27. The Morgan fingerprint density at radius 2 is 0.466 bits per heavy atom. The van der Waals surface area contributed by atoms with E-state index in [1.54, 1.807) is 0 Å². The Kier molecular flexibility index (Phi) is 12.2. The van der Waals surface area contributed by atoms with Crippen LogP contribution in [0.25, 0.3) is 135 Å². The second kappa shape index (κ2) is 21.1. The third-order valence-corrected chi connectivity index (χ3v) is 17.3. The summed E-state index contributed by atoms with van der Waals surface area (Å²) >= 11 is 0. The summed E-state index contributed by atoms with van der Waals surface area (Å²) < 4.78 is 0. The van der Waals surface area contributed by atoms with Gasteiger partial charge in [-0.2, -0.15) is 0 Å². The van der Waals surface area contributed by atoms with E-state index < -0.39 is 0 Å². The predicted molar refractivity (Wildman–Crippen MR) is 353 cm³/mol. The molecule has 3 aliphatic rings. The van der Waals surface area contributed by atoms with Crippen LogP contribution >= 0.6 is 0 Å². The summed E-state index contributed by atoms with van der Waals surface area (Å²) in [4.78, 5) is 41.4. The molecule has 8 heteroatoms. The molecular weight excluding hydrogens is 1070 g/mol. The van der Waals surface area contributed by atoms with Crippen LogP contribution in [0.5, 0.6) is 0 Å². The summed E-state index contributed by atoms with van der Waals surface area (Å²) in [6.45, 7) is 0. The van der Waals surface area contributed by atoms with Gasteiger partial charge in [0, 0.05) is 78.2 Å². The second-order valence-corrected chi connectivity index (χ2v) is 22.6. The van der Waals surface area contributed by atoms with Gasteiger partial charge >= 0.3 is 0 Å². The van der Waals surface area contributed by atoms with Crippen LogP contribution in [0.2, 0.25) is 0 Å². The van der Waals surface area contributed by atoms with Crippen molar-refractivity contribution < 1.29 is 0 Å². The van der Waals surface area contributed by atoms with Gasteiger partial charge in [0.15, 0.2) is 23.3 Å². The summed E-state index contributed by atoms with van der Waals surface area (Å²) in [7, 11) is 0.